The highest BCUT2D eigenvalue weighted by atomic mass is 32.2. The summed E-state index contributed by atoms with van der Waals surface area (Å²) in [4.78, 5) is 30.8. The van der Waals surface area contributed by atoms with Crippen molar-refractivity contribution in [1.29, 1.82) is 0 Å². The quantitative estimate of drug-likeness (QED) is 0.307. The van der Waals surface area contributed by atoms with Crippen LogP contribution in [0, 0.1) is 5.82 Å². The van der Waals surface area contributed by atoms with Crippen LogP contribution in [0.25, 0.3) is 6.08 Å². The Kier molecular flexibility index (Phi) is 7.75. The van der Waals surface area contributed by atoms with Gasteiger partial charge in [0.2, 0.25) is 11.8 Å². The molecule has 0 aliphatic rings. The number of halogens is 1. The second-order valence-electron chi connectivity index (χ2n) is 6.15. The number of thioether (sulfide) groups is 1. The minimum atomic E-state index is -0.507. The van der Waals surface area contributed by atoms with Crippen molar-refractivity contribution in [3.8, 4) is 0 Å². The summed E-state index contributed by atoms with van der Waals surface area (Å²) >= 11 is 2.87. The van der Waals surface area contributed by atoms with Gasteiger partial charge in [-0.2, -0.15) is 0 Å². The molecule has 2 aromatic carbocycles. The molecule has 0 bridgehead atoms. The van der Waals surface area contributed by atoms with Crippen LogP contribution >= 0.6 is 23.1 Å². The molecule has 0 aliphatic heterocycles. The maximum atomic E-state index is 14.1. The largest absolute Gasteiger partial charge is 0.352 e. The van der Waals surface area contributed by atoms with Crippen molar-refractivity contribution in [2.75, 3.05) is 17.2 Å². The van der Waals surface area contributed by atoms with E-state index in [1.807, 2.05) is 30.3 Å². The highest BCUT2D eigenvalue weighted by molar-refractivity contribution is 7.99. The molecule has 5 nitrogen and oxygen atoms in total. The maximum absolute atomic E-state index is 14.1. The van der Waals surface area contributed by atoms with Crippen LogP contribution in [0.15, 0.2) is 70.9 Å². The lowest BCUT2D eigenvalue weighted by Crippen LogP contribution is -2.23. The molecule has 0 radical (unpaired) electrons. The number of anilines is 2. The number of carbonyl (C=O) groups is 2. The van der Waals surface area contributed by atoms with Gasteiger partial charge in [-0.15, -0.1) is 23.1 Å². The summed E-state index contributed by atoms with van der Waals surface area (Å²) in [5.74, 6) is -0.317. The highest BCUT2D eigenvalue weighted by Crippen LogP contribution is 2.30. The van der Waals surface area contributed by atoms with Gasteiger partial charge in [0, 0.05) is 35.6 Å². The second kappa shape index (κ2) is 10.7. The van der Waals surface area contributed by atoms with Crippen molar-refractivity contribution in [3.05, 3.63) is 77.6 Å². The summed E-state index contributed by atoms with van der Waals surface area (Å²) < 4.78 is 14.1. The summed E-state index contributed by atoms with van der Waals surface area (Å²) in [5, 5.41) is 4.87. The van der Waals surface area contributed by atoms with Gasteiger partial charge in [-0.3, -0.25) is 14.5 Å². The Morgan fingerprint density at radius 1 is 1.17 bits per heavy atom. The Morgan fingerprint density at radius 3 is 2.63 bits per heavy atom. The summed E-state index contributed by atoms with van der Waals surface area (Å²) in [6.07, 6.45) is 2.96. The van der Waals surface area contributed by atoms with Crippen molar-refractivity contribution in [3.63, 3.8) is 0 Å². The van der Waals surface area contributed by atoms with E-state index in [9.17, 15) is 14.0 Å². The molecule has 2 amide bonds. The SMILES string of the molecule is CC(=O)N(c1nc(/C=C/C(=O)NCCSc2ccccc2)cs1)c1ccccc1F. The fraction of sp³-hybridized carbons (Fsp3) is 0.136. The van der Waals surface area contributed by atoms with Crippen LogP contribution < -0.4 is 10.2 Å². The zero-order valence-electron chi connectivity index (χ0n) is 16.2. The minimum absolute atomic E-state index is 0.142. The van der Waals surface area contributed by atoms with Crippen LogP contribution in [-0.2, 0) is 9.59 Å². The summed E-state index contributed by atoms with van der Waals surface area (Å²) in [5.41, 5.74) is 0.662. The van der Waals surface area contributed by atoms with Crippen molar-refractivity contribution in [2.45, 2.75) is 11.8 Å². The van der Waals surface area contributed by atoms with Gasteiger partial charge in [0.1, 0.15) is 5.82 Å². The van der Waals surface area contributed by atoms with E-state index in [1.54, 1.807) is 35.4 Å². The molecule has 0 spiro atoms. The minimum Gasteiger partial charge on any atom is -0.352 e. The molecule has 0 saturated carbocycles. The zero-order valence-corrected chi connectivity index (χ0v) is 17.9. The number of hydrogen-bond acceptors (Lipinski definition) is 5. The Hall–Kier alpha value is -2.97. The van der Waals surface area contributed by atoms with Gasteiger partial charge in [-0.05, 0) is 30.3 Å². The third-order valence-corrected chi connectivity index (χ3v) is 5.79. The molecule has 1 aromatic heterocycles. The van der Waals surface area contributed by atoms with E-state index in [1.165, 1.54) is 41.4 Å². The number of rotatable bonds is 8. The van der Waals surface area contributed by atoms with Gasteiger partial charge in [-0.25, -0.2) is 9.37 Å². The third kappa shape index (κ3) is 6.01. The normalized spacial score (nSPS) is 10.9. The van der Waals surface area contributed by atoms with E-state index in [-0.39, 0.29) is 17.5 Å². The van der Waals surface area contributed by atoms with Crippen LogP contribution in [0.3, 0.4) is 0 Å². The number of hydrogen-bond donors (Lipinski definition) is 1. The van der Waals surface area contributed by atoms with Gasteiger partial charge in [-0.1, -0.05) is 30.3 Å². The molecule has 0 unspecified atom stereocenters. The maximum Gasteiger partial charge on any atom is 0.244 e. The predicted octanol–water partition coefficient (Wildman–Crippen LogP) is 4.89. The molecule has 0 atom stereocenters. The Bertz CT molecular complexity index is 1040. The number of carbonyl (C=O) groups excluding carboxylic acids is 2. The molecule has 154 valence electrons. The van der Waals surface area contributed by atoms with Gasteiger partial charge in [0.15, 0.2) is 5.13 Å². The third-order valence-electron chi connectivity index (χ3n) is 3.93. The molecule has 0 fully saturated rings. The van der Waals surface area contributed by atoms with Crippen LogP contribution in [0.4, 0.5) is 15.2 Å². The number of amides is 2. The fourth-order valence-corrected chi connectivity index (χ4v) is 4.21. The lowest BCUT2D eigenvalue weighted by molar-refractivity contribution is -0.117. The molecular weight excluding hydrogens is 421 g/mol. The van der Waals surface area contributed by atoms with Crippen LogP contribution in [-0.4, -0.2) is 29.1 Å². The zero-order chi connectivity index (χ0) is 21.3. The molecule has 0 aliphatic carbocycles. The number of thiazole rings is 1. The van der Waals surface area contributed by atoms with Crippen LogP contribution in [0.1, 0.15) is 12.6 Å². The smallest absolute Gasteiger partial charge is 0.244 e. The lowest BCUT2D eigenvalue weighted by atomic mass is 10.3. The number of nitrogens with zero attached hydrogens (tertiary/aromatic N) is 2. The molecule has 0 saturated heterocycles. The topological polar surface area (TPSA) is 62.3 Å². The summed E-state index contributed by atoms with van der Waals surface area (Å²) in [7, 11) is 0. The molecule has 30 heavy (non-hydrogen) atoms. The van der Waals surface area contributed by atoms with Crippen molar-refractivity contribution < 1.29 is 14.0 Å². The van der Waals surface area contributed by atoms with Crippen LogP contribution in [0.5, 0.6) is 0 Å². The van der Waals surface area contributed by atoms with Crippen molar-refractivity contribution in [1.82, 2.24) is 10.3 Å². The lowest BCUT2D eigenvalue weighted by Gasteiger charge is -2.18. The Morgan fingerprint density at radius 2 is 1.90 bits per heavy atom. The van der Waals surface area contributed by atoms with Gasteiger partial charge in [0.05, 0.1) is 11.4 Å². The first-order valence-corrected chi connectivity index (χ1v) is 11.1. The molecule has 1 N–H and O–H groups in total. The summed E-state index contributed by atoms with van der Waals surface area (Å²) in [6.45, 7) is 1.89. The number of benzene rings is 2. The first-order valence-electron chi connectivity index (χ1n) is 9.19. The number of nitrogens with one attached hydrogen (secondary N) is 1. The van der Waals surface area contributed by atoms with Crippen molar-refractivity contribution in [2.24, 2.45) is 0 Å². The van der Waals surface area contributed by atoms with E-state index in [4.69, 9.17) is 0 Å². The molecule has 8 heteroatoms. The monoisotopic (exact) mass is 441 g/mol. The molecule has 3 rings (SSSR count). The second-order valence-corrected chi connectivity index (χ2v) is 8.15. The predicted molar refractivity (Wildman–Crippen MR) is 121 cm³/mol. The van der Waals surface area contributed by atoms with Gasteiger partial charge in [0.25, 0.3) is 0 Å². The number of aromatic nitrogens is 1. The number of para-hydroxylation sites is 1. The first-order chi connectivity index (χ1) is 14.5. The first kappa shape index (κ1) is 21.7. The van der Waals surface area contributed by atoms with E-state index in [2.05, 4.69) is 10.3 Å². The Labute approximate surface area is 182 Å². The van der Waals surface area contributed by atoms with Crippen molar-refractivity contribution >= 4 is 51.8 Å². The fourth-order valence-electron chi connectivity index (χ4n) is 2.58. The standard InChI is InChI=1S/C22H20FN3O2S2/c1-16(27)26(20-10-6-5-9-19(20)23)22-25-17(15-30-22)11-12-21(28)24-13-14-29-18-7-3-2-4-8-18/h2-12,15H,13-14H2,1H3,(H,24,28)/b12-11+. The van der Waals surface area contributed by atoms with E-state index >= 15 is 0 Å². The molecule has 3 aromatic rings. The average Bonchev–Trinajstić information content (AvgIpc) is 3.20. The van der Waals surface area contributed by atoms with E-state index < -0.39 is 5.82 Å². The van der Waals surface area contributed by atoms with Gasteiger partial charge < -0.3 is 5.32 Å². The van der Waals surface area contributed by atoms with Crippen LogP contribution in [0.2, 0.25) is 0 Å². The summed E-state index contributed by atoms with van der Waals surface area (Å²) in [6, 6.07) is 16.0. The van der Waals surface area contributed by atoms with E-state index in [0.29, 0.717) is 17.4 Å². The molecule has 1 heterocycles. The Balaban J connectivity index is 1.56. The molecular formula is C22H20FN3O2S2. The highest BCUT2D eigenvalue weighted by Gasteiger charge is 2.20. The van der Waals surface area contributed by atoms with Gasteiger partial charge >= 0.3 is 0 Å². The average molecular weight is 442 g/mol. The van der Waals surface area contributed by atoms with E-state index in [0.717, 1.165) is 10.6 Å².